The third kappa shape index (κ3) is 3.64. The van der Waals surface area contributed by atoms with Gasteiger partial charge < -0.3 is 0 Å². The van der Waals surface area contributed by atoms with Gasteiger partial charge in [0.1, 0.15) is 10.7 Å². The molecule has 0 unspecified atom stereocenters. The summed E-state index contributed by atoms with van der Waals surface area (Å²) in [5.74, 6) is -0.910. The molecule has 0 atom stereocenters. The van der Waals surface area contributed by atoms with Gasteiger partial charge in [0.25, 0.3) is 11.8 Å². The first-order valence-corrected chi connectivity index (χ1v) is 8.05. The van der Waals surface area contributed by atoms with Crippen molar-refractivity contribution in [2.75, 3.05) is 0 Å². The van der Waals surface area contributed by atoms with Gasteiger partial charge in [0, 0.05) is 23.3 Å². The molecule has 3 rings (SSSR count). The Kier molecular flexibility index (Phi) is 4.62. The van der Waals surface area contributed by atoms with Crippen molar-refractivity contribution in [2.45, 2.75) is 6.92 Å². The summed E-state index contributed by atoms with van der Waals surface area (Å²) in [7, 11) is 0. The number of aromatic nitrogens is 2. The van der Waals surface area contributed by atoms with Crippen LogP contribution < -0.4 is 10.9 Å². The minimum Gasteiger partial charge on any atom is -0.267 e. The number of aryl methyl sites for hydroxylation is 1. The van der Waals surface area contributed by atoms with Crippen LogP contribution in [0.2, 0.25) is 0 Å². The lowest BCUT2D eigenvalue weighted by Crippen LogP contribution is -2.41. The Morgan fingerprint density at radius 3 is 2.50 bits per heavy atom. The maximum atomic E-state index is 12.1. The second kappa shape index (κ2) is 7.01. The monoisotopic (exact) mass is 338 g/mol. The van der Waals surface area contributed by atoms with Gasteiger partial charge in [0.05, 0.1) is 5.56 Å². The maximum absolute atomic E-state index is 12.1. The molecule has 120 valence electrons. The highest BCUT2D eigenvalue weighted by molar-refractivity contribution is 7.13. The average Bonchev–Trinajstić information content (AvgIpc) is 3.11. The Balaban J connectivity index is 1.64. The van der Waals surface area contributed by atoms with Gasteiger partial charge >= 0.3 is 0 Å². The van der Waals surface area contributed by atoms with Crippen molar-refractivity contribution in [2.24, 2.45) is 0 Å². The quantitative estimate of drug-likeness (QED) is 0.719. The highest BCUT2D eigenvalue weighted by Crippen LogP contribution is 2.23. The van der Waals surface area contributed by atoms with Crippen molar-refractivity contribution >= 4 is 23.2 Å². The van der Waals surface area contributed by atoms with Crippen LogP contribution in [0.3, 0.4) is 0 Å². The first kappa shape index (κ1) is 15.8. The van der Waals surface area contributed by atoms with Crippen molar-refractivity contribution < 1.29 is 9.59 Å². The van der Waals surface area contributed by atoms with E-state index in [1.54, 1.807) is 23.7 Å². The molecular formula is C17H14N4O2S. The molecule has 24 heavy (non-hydrogen) atoms. The lowest BCUT2D eigenvalue weighted by Gasteiger charge is -2.05. The largest absolute Gasteiger partial charge is 0.289 e. The van der Waals surface area contributed by atoms with Gasteiger partial charge in [-0.25, -0.2) is 4.98 Å². The Hall–Kier alpha value is -3.06. The lowest BCUT2D eigenvalue weighted by atomic mass is 10.2. The van der Waals surface area contributed by atoms with Crippen LogP contribution in [-0.4, -0.2) is 21.8 Å². The molecule has 2 amide bonds. The van der Waals surface area contributed by atoms with Crippen LogP contribution in [0, 0.1) is 6.92 Å². The minimum absolute atomic E-state index is 0.252. The van der Waals surface area contributed by atoms with Crippen LogP contribution in [0.5, 0.6) is 0 Å². The summed E-state index contributed by atoms with van der Waals surface area (Å²) in [6, 6.07) is 11.1. The molecule has 0 aliphatic heterocycles. The van der Waals surface area contributed by atoms with E-state index >= 15 is 0 Å². The molecule has 7 heteroatoms. The van der Waals surface area contributed by atoms with Gasteiger partial charge in [0.15, 0.2) is 0 Å². The second-order valence-electron chi connectivity index (χ2n) is 5.05. The summed E-state index contributed by atoms with van der Waals surface area (Å²) in [6.07, 6.45) is 2.98. The number of thiazole rings is 1. The molecule has 0 saturated carbocycles. The van der Waals surface area contributed by atoms with E-state index in [0.717, 1.165) is 16.1 Å². The zero-order chi connectivity index (χ0) is 16.9. The number of carbonyl (C=O) groups is 2. The lowest BCUT2D eigenvalue weighted by molar-refractivity contribution is 0.0844. The van der Waals surface area contributed by atoms with E-state index in [-0.39, 0.29) is 5.69 Å². The molecule has 0 fully saturated rings. The molecule has 0 spiro atoms. The van der Waals surface area contributed by atoms with Crippen molar-refractivity contribution in [1.29, 1.82) is 0 Å². The van der Waals surface area contributed by atoms with Crippen LogP contribution in [0.1, 0.15) is 26.4 Å². The van der Waals surface area contributed by atoms with E-state index < -0.39 is 11.8 Å². The van der Waals surface area contributed by atoms with Crippen molar-refractivity contribution in [1.82, 2.24) is 20.8 Å². The van der Waals surface area contributed by atoms with Gasteiger partial charge in [-0.3, -0.25) is 25.4 Å². The van der Waals surface area contributed by atoms with Crippen molar-refractivity contribution in [3.05, 3.63) is 71.0 Å². The van der Waals surface area contributed by atoms with Gasteiger partial charge in [0.2, 0.25) is 0 Å². The highest BCUT2D eigenvalue weighted by atomic mass is 32.1. The predicted octanol–water partition coefficient (Wildman–Crippen LogP) is 2.59. The first-order valence-electron chi connectivity index (χ1n) is 7.17. The molecule has 2 N–H and O–H groups in total. The molecular weight excluding hydrogens is 324 g/mol. The molecule has 3 aromatic rings. The molecule has 0 aliphatic carbocycles. The summed E-state index contributed by atoms with van der Waals surface area (Å²) in [5, 5.41) is 2.40. The average molecular weight is 338 g/mol. The number of benzene rings is 1. The van der Waals surface area contributed by atoms with Crippen LogP contribution in [-0.2, 0) is 0 Å². The number of carbonyl (C=O) groups excluding carboxylic acids is 2. The van der Waals surface area contributed by atoms with E-state index in [9.17, 15) is 9.59 Å². The second-order valence-corrected chi connectivity index (χ2v) is 5.91. The zero-order valence-corrected chi connectivity index (χ0v) is 13.6. The fourth-order valence-electron chi connectivity index (χ4n) is 1.95. The van der Waals surface area contributed by atoms with Gasteiger partial charge in [-0.05, 0) is 19.1 Å². The summed E-state index contributed by atoms with van der Waals surface area (Å²) >= 11 is 1.37. The number of rotatable bonds is 3. The number of hydrazine groups is 1. The molecule has 0 radical (unpaired) electrons. The van der Waals surface area contributed by atoms with Gasteiger partial charge in [-0.1, -0.05) is 29.8 Å². The minimum atomic E-state index is -0.471. The Bertz CT molecular complexity index is 860. The first-order chi connectivity index (χ1) is 11.6. The summed E-state index contributed by atoms with van der Waals surface area (Å²) in [4.78, 5) is 32.1. The number of nitrogens with zero attached hydrogens (tertiary/aromatic N) is 2. The smallest absolute Gasteiger partial charge is 0.267 e. The van der Waals surface area contributed by atoms with Crippen LogP contribution >= 0.6 is 11.3 Å². The summed E-state index contributed by atoms with van der Waals surface area (Å²) in [6.45, 7) is 2.01. The summed E-state index contributed by atoms with van der Waals surface area (Å²) < 4.78 is 0. The van der Waals surface area contributed by atoms with E-state index in [4.69, 9.17) is 0 Å². The Labute approximate surface area is 142 Å². The topological polar surface area (TPSA) is 84.0 Å². The van der Waals surface area contributed by atoms with E-state index in [0.29, 0.717) is 5.56 Å². The number of nitrogens with one attached hydrogen (secondary N) is 2. The fourth-order valence-corrected chi connectivity index (χ4v) is 2.76. The maximum Gasteiger partial charge on any atom is 0.289 e. The molecule has 0 saturated heterocycles. The van der Waals surface area contributed by atoms with E-state index in [1.807, 2.05) is 31.2 Å². The number of pyridine rings is 1. The van der Waals surface area contributed by atoms with Gasteiger partial charge in [-0.15, -0.1) is 11.3 Å². The van der Waals surface area contributed by atoms with E-state index in [1.165, 1.54) is 17.5 Å². The van der Waals surface area contributed by atoms with Crippen LogP contribution in [0.25, 0.3) is 10.6 Å². The zero-order valence-electron chi connectivity index (χ0n) is 12.8. The third-order valence-electron chi connectivity index (χ3n) is 3.25. The fraction of sp³-hybridized carbons (Fsp3) is 0.0588. The predicted molar refractivity (Wildman–Crippen MR) is 91.5 cm³/mol. The van der Waals surface area contributed by atoms with E-state index in [2.05, 4.69) is 20.8 Å². The normalized spacial score (nSPS) is 10.2. The number of amides is 2. The molecule has 0 aliphatic rings. The number of hydrogen-bond acceptors (Lipinski definition) is 5. The third-order valence-corrected chi connectivity index (χ3v) is 4.14. The van der Waals surface area contributed by atoms with Crippen LogP contribution in [0.15, 0.2) is 54.2 Å². The molecule has 6 nitrogen and oxygen atoms in total. The molecule has 0 bridgehead atoms. The van der Waals surface area contributed by atoms with Gasteiger partial charge in [-0.2, -0.15) is 0 Å². The summed E-state index contributed by atoms with van der Waals surface area (Å²) in [5.41, 5.74) is 7.41. The Morgan fingerprint density at radius 1 is 1.04 bits per heavy atom. The molecule has 1 aromatic carbocycles. The molecule has 2 heterocycles. The van der Waals surface area contributed by atoms with Crippen molar-refractivity contribution in [3.63, 3.8) is 0 Å². The Morgan fingerprint density at radius 2 is 1.79 bits per heavy atom. The van der Waals surface area contributed by atoms with Crippen molar-refractivity contribution in [3.8, 4) is 10.6 Å². The molecule has 2 aromatic heterocycles. The number of hydrogen-bond donors (Lipinski definition) is 2. The standard InChI is InChI=1S/C17H14N4O2S/c1-11-4-6-12(7-5-11)17-19-14(10-24-17)16(23)21-20-15(22)13-3-2-8-18-9-13/h2-10H,1H3,(H,20,22)(H,21,23). The van der Waals surface area contributed by atoms with Crippen LogP contribution in [0.4, 0.5) is 0 Å². The SMILES string of the molecule is Cc1ccc(-c2nc(C(=O)NNC(=O)c3cccnc3)cs2)cc1. The highest BCUT2D eigenvalue weighted by Gasteiger charge is 2.13.